The standard InChI is InChI=1S/C11H10F2O/c1-3-7-11(2,14)8-5-4-6-9(12)10(8)13/h1,4-6,14H,7H2,2H3. The SMILES string of the molecule is C#CCC(C)(O)c1cccc(F)c1F. The van der Waals surface area contributed by atoms with Crippen molar-refractivity contribution < 1.29 is 13.9 Å². The summed E-state index contributed by atoms with van der Waals surface area (Å²) in [5.74, 6) is 0.179. The highest BCUT2D eigenvalue weighted by Gasteiger charge is 2.26. The van der Waals surface area contributed by atoms with Gasteiger partial charge in [0.05, 0.1) is 0 Å². The predicted molar refractivity (Wildman–Crippen MR) is 49.4 cm³/mol. The zero-order valence-corrected chi connectivity index (χ0v) is 7.72. The summed E-state index contributed by atoms with van der Waals surface area (Å²) in [4.78, 5) is 0. The lowest BCUT2D eigenvalue weighted by molar-refractivity contribution is 0.0583. The number of benzene rings is 1. The normalized spacial score (nSPS) is 14.5. The summed E-state index contributed by atoms with van der Waals surface area (Å²) >= 11 is 0. The smallest absolute Gasteiger partial charge is 0.164 e. The summed E-state index contributed by atoms with van der Waals surface area (Å²) in [6.45, 7) is 1.35. The quantitative estimate of drug-likeness (QED) is 0.719. The monoisotopic (exact) mass is 196 g/mol. The van der Waals surface area contributed by atoms with Crippen molar-refractivity contribution in [3.63, 3.8) is 0 Å². The highest BCUT2D eigenvalue weighted by atomic mass is 19.2. The first-order valence-corrected chi connectivity index (χ1v) is 4.09. The minimum Gasteiger partial charge on any atom is -0.384 e. The average molecular weight is 196 g/mol. The lowest BCUT2D eigenvalue weighted by Crippen LogP contribution is -2.22. The molecule has 0 aliphatic heterocycles. The fraction of sp³-hybridized carbons (Fsp3) is 0.273. The van der Waals surface area contributed by atoms with Crippen molar-refractivity contribution in [3.8, 4) is 12.3 Å². The third kappa shape index (κ3) is 1.91. The van der Waals surface area contributed by atoms with Gasteiger partial charge in [-0.1, -0.05) is 12.1 Å². The highest BCUT2D eigenvalue weighted by molar-refractivity contribution is 5.26. The topological polar surface area (TPSA) is 20.2 Å². The third-order valence-corrected chi connectivity index (χ3v) is 1.98. The number of terminal acetylenes is 1. The van der Waals surface area contributed by atoms with Crippen LogP contribution in [0.3, 0.4) is 0 Å². The molecule has 1 rings (SSSR count). The van der Waals surface area contributed by atoms with Gasteiger partial charge in [0.1, 0.15) is 5.60 Å². The van der Waals surface area contributed by atoms with Crippen molar-refractivity contribution in [3.05, 3.63) is 35.4 Å². The van der Waals surface area contributed by atoms with Crippen LogP contribution in [0, 0.1) is 24.0 Å². The molecule has 0 saturated heterocycles. The molecule has 0 saturated carbocycles. The van der Waals surface area contributed by atoms with E-state index >= 15 is 0 Å². The summed E-state index contributed by atoms with van der Waals surface area (Å²) in [5.41, 5.74) is -1.64. The molecule has 1 aromatic carbocycles. The Balaban J connectivity index is 3.20. The first kappa shape index (κ1) is 10.7. The van der Waals surface area contributed by atoms with Crippen LogP contribution >= 0.6 is 0 Å². The lowest BCUT2D eigenvalue weighted by Gasteiger charge is -2.21. The van der Waals surface area contributed by atoms with Gasteiger partial charge >= 0.3 is 0 Å². The Bertz CT molecular complexity index is 377. The molecule has 3 heteroatoms. The van der Waals surface area contributed by atoms with Gasteiger partial charge in [-0.15, -0.1) is 12.3 Å². The minimum absolute atomic E-state index is 0.0621. The Morgan fingerprint density at radius 3 is 2.71 bits per heavy atom. The van der Waals surface area contributed by atoms with E-state index in [1.54, 1.807) is 0 Å². The minimum atomic E-state index is -1.53. The van der Waals surface area contributed by atoms with Gasteiger partial charge in [-0.05, 0) is 13.0 Å². The van der Waals surface area contributed by atoms with E-state index in [1.807, 2.05) is 0 Å². The second-order valence-corrected chi connectivity index (χ2v) is 3.26. The summed E-state index contributed by atoms with van der Waals surface area (Å²) in [6, 6.07) is 3.64. The molecule has 0 aliphatic carbocycles. The molecule has 0 aromatic heterocycles. The van der Waals surface area contributed by atoms with Crippen molar-refractivity contribution >= 4 is 0 Å². The van der Waals surface area contributed by atoms with Gasteiger partial charge in [0.15, 0.2) is 11.6 Å². The second kappa shape index (κ2) is 3.77. The van der Waals surface area contributed by atoms with Crippen LogP contribution in [0.25, 0.3) is 0 Å². The van der Waals surface area contributed by atoms with Crippen LogP contribution in [-0.2, 0) is 5.60 Å². The van der Waals surface area contributed by atoms with Crippen molar-refractivity contribution in [2.24, 2.45) is 0 Å². The molecule has 1 atom stereocenters. The Kier molecular flexibility index (Phi) is 2.87. The highest BCUT2D eigenvalue weighted by Crippen LogP contribution is 2.27. The van der Waals surface area contributed by atoms with Crippen LogP contribution in [0.15, 0.2) is 18.2 Å². The molecule has 0 spiro atoms. The van der Waals surface area contributed by atoms with Crippen LogP contribution < -0.4 is 0 Å². The van der Waals surface area contributed by atoms with Crippen molar-refractivity contribution in [2.75, 3.05) is 0 Å². The zero-order valence-electron chi connectivity index (χ0n) is 7.72. The van der Waals surface area contributed by atoms with E-state index in [1.165, 1.54) is 19.1 Å². The zero-order chi connectivity index (χ0) is 10.8. The van der Waals surface area contributed by atoms with Crippen LogP contribution in [-0.4, -0.2) is 5.11 Å². The second-order valence-electron chi connectivity index (χ2n) is 3.26. The van der Waals surface area contributed by atoms with E-state index < -0.39 is 17.2 Å². The van der Waals surface area contributed by atoms with E-state index in [2.05, 4.69) is 5.92 Å². The first-order chi connectivity index (χ1) is 6.49. The molecular formula is C11H10F2O. The molecule has 14 heavy (non-hydrogen) atoms. The molecule has 0 heterocycles. The third-order valence-electron chi connectivity index (χ3n) is 1.98. The molecule has 0 amide bonds. The molecule has 74 valence electrons. The van der Waals surface area contributed by atoms with E-state index in [0.29, 0.717) is 0 Å². The maximum atomic E-state index is 13.2. The van der Waals surface area contributed by atoms with Crippen LogP contribution in [0.2, 0.25) is 0 Å². The van der Waals surface area contributed by atoms with Gasteiger partial charge in [-0.2, -0.15) is 0 Å². The maximum Gasteiger partial charge on any atom is 0.164 e. The lowest BCUT2D eigenvalue weighted by atomic mass is 9.92. The fourth-order valence-electron chi connectivity index (χ4n) is 1.21. The van der Waals surface area contributed by atoms with Gasteiger partial charge in [0.25, 0.3) is 0 Å². The van der Waals surface area contributed by atoms with Gasteiger partial charge in [0, 0.05) is 12.0 Å². The first-order valence-electron chi connectivity index (χ1n) is 4.09. The van der Waals surface area contributed by atoms with E-state index in [0.717, 1.165) is 6.07 Å². The Hall–Kier alpha value is -1.40. The van der Waals surface area contributed by atoms with E-state index in [4.69, 9.17) is 6.42 Å². The number of rotatable bonds is 2. The van der Waals surface area contributed by atoms with Crippen LogP contribution in [0.1, 0.15) is 18.9 Å². The number of aliphatic hydroxyl groups is 1. The molecule has 1 aromatic rings. The van der Waals surface area contributed by atoms with Crippen molar-refractivity contribution in [1.29, 1.82) is 0 Å². The molecule has 1 unspecified atom stereocenters. The Morgan fingerprint density at radius 2 is 2.14 bits per heavy atom. The van der Waals surface area contributed by atoms with Crippen molar-refractivity contribution in [2.45, 2.75) is 18.9 Å². The maximum absolute atomic E-state index is 13.2. The number of hydrogen-bond acceptors (Lipinski definition) is 1. The molecule has 1 nitrogen and oxygen atoms in total. The fourth-order valence-corrected chi connectivity index (χ4v) is 1.21. The van der Waals surface area contributed by atoms with E-state index in [-0.39, 0.29) is 12.0 Å². The number of hydrogen-bond donors (Lipinski definition) is 1. The Labute approximate surface area is 81.4 Å². The number of halogens is 2. The van der Waals surface area contributed by atoms with Gasteiger partial charge in [0.2, 0.25) is 0 Å². The molecule has 0 aliphatic rings. The molecule has 0 bridgehead atoms. The largest absolute Gasteiger partial charge is 0.384 e. The summed E-state index contributed by atoms with van der Waals surface area (Å²) in [6.07, 6.45) is 4.95. The average Bonchev–Trinajstić information content (AvgIpc) is 2.09. The van der Waals surface area contributed by atoms with Crippen molar-refractivity contribution in [1.82, 2.24) is 0 Å². The predicted octanol–water partition coefficient (Wildman–Crippen LogP) is 2.20. The van der Waals surface area contributed by atoms with E-state index in [9.17, 15) is 13.9 Å². The van der Waals surface area contributed by atoms with Gasteiger partial charge in [-0.25, -0.2) is 8.78 Å². The summed E-state index contributed by atoms with van der Waals surface area (Å²) in [5, 5.41) is 9.74. The van der Waals surface area contributed by atoms with Gasteiger partial charge in [-0.3, -0.25) is 0 Å². The molecule has 0 radical (unpaired) electrons. The van der Waals surface area contributed by atoms with Crippen LogP contribution in [0.5, 0.6) is 0 Å². The molecule has 1 N–H and O–H groups in total. The molecule has 0 fully saturated rings. The Morgan fingerprint density at radius 1 is 1.50 bits per heavy atom. The summed E-state index contributed by atoms with van der Waals surface area (Å²) < 4.78 is 26.0. The summed E-state index contributed by atoms with van der Waals surface area (Å²) in [7, 11) is 0. The molecular weight excluding hydrogens is 186 g/mol. The van der Waals surface area contributed by atoms with Crippen LogP contribution in [0.4, 0.5) is 8.78 Å². The van der Waals surface area contributed by atoms with Gasteiger partial charge < -0.3 is 5.11 Å².